The molecule has 0 atom stereocenters. The number of nitrogens with zero attached hydrogens (tertiary/aromatic N) is 2. The summed E-state index contributed by atoms with van der Waals surface area (Å²) in [4.78, 5) is 16.9. The summed E-state index contributed by atoms with van der Waals surface area (Å²) in [5, 5.41) is 2.94. The average Bonchev–Trinajstić information content (AvgIpc) is 3.17. The van der Waals surface area contributed by atoms with Gasteiger partial charge in [0.05, 0.1) is 18.8 Å². The van der Waals surface area contributed by atoms with Crippen LogP contribution in [0, 0.1) is 0 Å². The van der Waals surface area contributed by atoms with Crippen molar-refractivity contribution in [3.8, 4) is 17.2 Å². The summed E-state index contributed by atoms with van der Waals surface area (Å²) in [6, 6.07) is 13.6. The first-order chi connectivity index (χ1) is 13.7. The van der Waals surface area contributed by atoms with Crippen molar-refractivity contribution in [2.24, 2.45) is 0 Å². The molecule has 2 aliphatic rings. The molecule has 0 aromatic heterocycles. The Morgan fingerprint density at radius 2 is 1.86 bits per heavy atom. The number of carbonyl (C=O) groups excluding carboxylic acids is 1. The molecule has 1 N–H and O–H groups in total. The number of hydrogen-bond donors (Lipinski definition) is 1. The zero-order chi connectivity index (χ0) is 19.3. The van der Waals surface area contributed by atoms with Crippen LogP contribution in [0.1, 0.15) is 6.92 Å². The molecule has 0 bridgehead atoms. The molecule has 7 heteroatoms. The van der Waals surface area contributed by atoms with Crippen LogP contribution in [-0.2, 0) is 4.79 Å². The molecule has 2 aromatic rings. The van der Waals surface area contributed by atoms with Crippen molar-refractivity contribution in [2.75, 3.05) is 56.3 Å². The topological polar surface area (TPSA) is 63.3 Å². The van der Waals surface area contributed by atoms with Crippen LogP contribution >= 0.6 is 0 Å². The number of nitrogens with one attached hydrogen (secondary N) is 1. The molecule has 1 amide bonds. The Kier molecular flexibility index (Phi) is 5.53. The van der Waals surface area contributed by atoms with Gasteiger partial charge in [0.2, 0.25) is 12.7 Å². The average molecular weight is 383 g/mol. The predicted molar refractivity (Wildman–Crippen MR) is 107 cm³/mol. The van der Waals surface area contributed by atoms with Crippen molar-refractivity contribution in [3.05, 3.63) is 42.5 Å². The molecule has 0 spiro atoms. The number of amides is 1. The number of hydrogen-bond acceptors (Lipinski definition) is 6. The van der Waals surface area contributed by atoms with Gasteiger partial charge in [0.15, 0.2) is 11.5 Å². The highest BCUT2D eigenvalue weighted by Crippen LogP contribution is 2.34. The largest absolute Gasteiger partial charge is 0.492 e. The maximum atomic E-state index is 12.4. The maximum absolute atomic E-state index is 12.4. The van der Waals surface area contributed by atoms with Crippen LogP contribution in [0.2, 0.25) is 0 Å². The van der Waals surface area contributed by atoms with Gasteiger partial charge >= 0.3 is 0 Å². The van der Waals surface area contributed by atoms with Crippen LogP contribution in [0.15, 0.2) is 42.5 Å². The highest BCUT2D eigenvalue weighted by Gasteiger charge is 2.21. The predicted octanol–water partition coefficient (Wildman–Crippen LogP) is 2.57. The van der Waals surface area contributed by atoms with Crippen molar-refractivity contribution in [2.45, 2.75) is 6.92 Å². The lowest BCUT2D eigenvalue weighted by molar-refractivity contribution is -0.117. The van der Waals surface area contributed by atoms with Crippen LogP contribution in [0.4, 0.5) is 11.4 Å². The number of para-hydroxylation sites is 2. The fourth-order valence-corrected chi connectivity index (χ4v) is 3.52. The summed E-state index contributed by atoms with van der Waals surface area (Å²) in [7, 11) is 0. The normalized spacial score (nSPS) is 16.1. The van der Waals surface area contributed by atoms with Crippen LogP contribution in [0.5, 0.6) is 17.2 Å². The Bertz CT molecular complexity index is 834. The number of rotatable bonds is 6. The van der Waals surface area contributed by atoms with Crippen molar-refractivity contribution >= 4 is 17.3 Å². The van der Waals surface area contributed by atoms with E-state index in [4.69, 9.17) is 14.2 Å². The molecule has 7 nitrogen and oxygen atoms in total. The molecule has 1 fully saturated rings. The van der Waals surface area contributed by atoms with Gasteiger partial charge in [0.25, 0.3) is 0 Å². The molecule has 0 unspecified atom stereocenters. The molecule has 0 aliphatic carbocycles. The van der Waals surface area contributed by atoms with Crippen LogP contribution in [0.3, 0.4) is 0 Å². The van der Waals surface area contributed by atoms with E-state index in [-0.39, 0.29) is 12.7 Å². The lowest BCUT2D eigenvalue weighted by atomic mass is 10.2. The van der Waals surface area contributed by atoms with Gasteiger partial charge in [-0.1, -0.05) is 12.1 Å². The Labute approximate surface area is 164 Å². The zero-order valence-corrected chi connectivity index (χ0v) is 16.0. The minimum Gasteiger partial charge on any atom is -0.492 e. The Morgan fingerprint density at radius 1 is 1.07 bits per heavy atom. The molecule has 28 heavy (non-hydrogen) atoms. The summed E-state index contributed by atoms with van der Waals surface area (Å²) in [6.07, 6.45) is 0. The van der Waals surface area contributed by atoms with Gasteiger partial charge in [-0.05, 0) is 31.2 Å². The molecule has 1 saturated heterocycles. The highest BCUT2D eigenvalue weighted by molar-refractivity contribution is 5.92. The SMILES string of the molecule is CCOc1ccccc1N1CCN(CC(=O)Nc2ccc3c(c2)OCO3)CC1. The third-order valence-corrected chi connectivity index (χ3v) is 4.90. The third-order valence-electron chi connectivity index (χ3n) is 4.90. The fourth-order valence-electron chi connectivity index (χ4n) is 3.52. The Balaban J connectivity index is 1.29. The minimum absolute atomic E-state index is 0.0259. The second kappa shape index (κ2) is 8.39. The number of carbonyl (C=O) groups is 1. The van der Waals surface area contributed by atoms with E-state index < -0.39 is 0 Å². The molecule has 0 radical (unpaired) electrons. The first-order valence-electron chi connectivity index (χ1n) is 9.61. The second-order valence-electron chi connectivity index (χ2n) is 6.78. The molecule has 0 saturated carbocycles. The smallest absolute Gasteiger partial charge is 0.238 e. The third kappa shape index (κ3) is 4.14. The van der Waals surface area contributed by atoms with E-state index >= 15 is 0 Å². The maximum Gasteiger partial charge on any atom is 0.238 e. The number of anilines is 2. The number of ether oxygens (including phenoxy) is 3. The fraction of sp³-hybridized carbons (Fsp3) is 0.381. The minimum atomic E-state index is -0.0259. The summed E-state index contributed by atoms with van der Waals surface area (Å²) in [5.74, 6) is 2.27. The van der Waals surface area contributed by atoms with E-state index in [1.54, 1.807) is 6.07 Å². The standard InChI is InChI=1S/C21H25N3O4/c1-2-26-18-6-4-3-5-17(18)24-11-9-23(10-12-24)14-21(25)22-16-7-8-19-20(13-16)28-15-27-19/h3-8,13H,2,9-12,14-15H2,1H3,(H,22,25). The zero-order valence-electron chi connectivity index (χ0n) is 16.0. The van der Waals surface area contributed by atoms with E-state index in [0.717, 1.165) is 43.3 Å². The second-order valence-corrected chi connectivity index (χ2v) is 6.78. The lowest BCUT2D eigenvalue weighted by Gasteiger charge is -2.36. The van der Waals surface area contributed by atoms with Crippen LogP contribution < -0.4 is 24.4 Å². The van der Waals surface area contributed by atoms with E-state index in [9.17, 15) is 4.79 Å². The molecule has 2 aliphatic heterocycles. The van der Waals surface area contributed by atoms with Gasteiger partial charge in [-0.25, -0.2) is 0 Å². The number of fused-ring (bicyclic) bond motifs is 1. The van der Waals surface area contributed by atoms with Gasteiger partial charge in [-0.2, -0.15) is 0 Å². The van der Waals surface area contributed by atoms with Gasteiger partial charge in [-0.15, -0.1) is 0 Å². The summed E-state index contributed by atoms with van der Waals surface area (Å²) in [6.45, 7) is 6.62. The van der Waals surface area contributed by atoms with Gasteiger partial charge in [0.1, 0.15) is 5.75 Å². The summed E-state index contributed by atoms with van der Waals surface area (Å²) in [5.41, 5.74) is 1.84. The van der Waals surface area contributed by atoms with Gasteiger partial charge in [0, 0.05) is 37.9 Å². The van der Waals surface area contributed by atoms with Crippen LogP contribution in [-0.4, -0.2) is 56.9 Å². The molecular formula is C21H25N3O4. The molecule has 2 aromatic carbocycles. The van der Waals surface area contributed by atoms with Crippen molar-refractivity contribution in [1.82, 2.24) is 4.90 Å². The number of piperazine rings is 1. The van der Waals surface area contributed by atoms with E-state index in [0.29, 0.717) is 24.7 Å². The Morgan fingerprint density at radius 3 is 2.68 bits per heavy atom. The summed E-state index contributed by atoms with van der Waals surface area (Å²) < 4.78 is 16.4. The summed E-state index contributed by atoms with van der Waals surface area (Å²) >= 11 is 0. The van der Waals surface area contributed by atoms with Gasteiger partial charge in [-0.3, -0.25) is 9.69 Å². The van der Waals surface area contributed by atoms with E-state index in [1.807, 2.05) is 37.3 Å². The Hall–Kier alpha value is -2.93. The van der Waals surface area contributed by atoms with Crippen LogP contribution in [0.25, 0.3) is 0 Å². The van der Waals surface area contributed by atoms with Crippen molar-refractivity contribution in [1.29, 1.82) is 0 Å². The number of benzene rings is 2. The van der Waals surface area contributed by atoms with E-state index in [1.165, 1.54) is 0 Å². The molecule has 2 heterocycles. The first kappa shape index (κ1) is 18.4. The van der Waals surface area contributed by atoms with Gasteiger partial charge < -0.3 is 24.4 Å². The monoisotopic (exact) mass is 383 g/mol. The molecule has 148 valence electrons. The van der Waals surface area contributed by atoms with Crippen molar-refractivity contribution < 1.29 is 19.0 Å². The highest BCUT2D eigenvalue weighted by atomic mass is 16.7. The van der Waals surface area contributed by atoms with Crippen molar-refractivity contribution in [3.63, 3.8) is 0 Å². The van der Waals surface area contributed by atoms with E-state index in [2.05, 4.69) is 21.2 Å². The first-order valence-corrected chi connectivity index (χ1v) is 9.61. The lowest BCUT2D eigenvalue weighted by Crippen LogP contribution is -2.48. The quantitative estimate of drug-likeness (QED) is 0.827. The molecular weight excluding hydrogens is 358 g/mol. The molecule has 4 rings (SSSR count).